The van der Waals surface area contributed by atoms with Gasteiger partial charge in [-0.1, -0.05) is 29.8 Å². The molecule has 0 aliphatic carbocycles. The van der Waals surface area contributed by atoms with E-state index in [4.69, 9.17) is 0 Å². The van der Waals surface area contributed by atoms with Gasteiger partial charge in [0.15, 0.2) is 0 Å². The Morgan fingerprint density at radius 3 is 2.60 bits per heavy atom. The predicted octanol–water partition coefficient (Wildman–Crippen LogP) is 3.48. The largest absolute Gasteiger partial charge is 0.339 e. The van der Waals surface area contributed by atoms with E-state index in [1.54, 1.807) is 42.1 Å². The van der Waals surface area contributed by atoms with Gasteiger partial charge < -0.3 is 10.6 Å². The van der Waals surface area contributed by atoms with Gasteiger partial charge in [0.05, 0.1) is 5.69 Å². The van der Waals surface area contributed by atoms with Crippen molar-refractivity contribution >= 4 is 30.0 Å². The Morgan fingerprint density at radius 2 is 1.90 bits per heavy atom. The summed E-state index contributed by atoms with van der Waals surface area (Å²) in [5.74, 6) is -1.13. The summed E-state index contributed by atoms with van der Waals surface area (Å²) in [6, 6.07) is 12.3. The summed E-state index contributed by atoms with van der Waals surface area (Å²) in [7, 11) is 1.74. The molecule has 1 aliphatic rings. The van der Waals surface area contributed by atoms with Gasteiger partial charge >= 0.3 is 0 Å². The molecule has 0 spiro atoms. The van der Waals surface area contributed by atoms with Gasteiger partial charge in [-0.3, -0.25) is 14.3 Å². The minimum Gasteiger partial charge on any atom is -0.339 e. The molecule has 0 bridgehead atoms. The molecule has 30 heavy (non-hydrogen) atoms. The molecule has 0 saturated carbocycles. The van der Waals surface area contributed by atoms with Crippen molar-refractivity contribution in [3.05, 3.63) is 82.3 Å². The highest BCUT2D eigenvalue weighted by molar-refractivity contribution is 6.04. The molecular formula is C22H22ClFN4O2. The van der Waals surface area contributed by atoms with Gasteiger partial charge in [0.1, 0.15) is 17.7 Å². The first-order valence-corrected chi connectivity index (χ1v) is 9.32. The lowest BCUT2D eigenvalue weighted by Gasteiger charge is -2.32. The molecule has 0 unspecified atom stereocenters. The normalized spacial score (nSPS) is 17.5. The van der Waals surface area contributed by atoms with E-state index in [2.05, 4.69) is 15.7 Å². The average Bonchev–Trinajstić information content (AvgIpc) is 2.95. The Morgan fingerprint density at radius 1 is 1.17 bits per heavy atom. The number of rotatable bonds is 3. The lowest BCUT2D eigenvalue weighted by atomic mass is 9.82. The first kappa shape index (κ1) is 21.5. The molecular weight excluding hydrogens is 407 g/mol. The summed E-state index contributed by atoms with van der Waals surface area (Å²) in [6.45, 7) is 3.73. The van der Waals surface area contributed by atoms with E-state index in [1.807, 2.05) is 19.9 Å². The van der Waals surface area contributed by atoms with Gasteiger partial charge in [0.2, 0.25) is 5.91 Å². The molecule has 0 saturated heterocycles. The molecule has 2 heterocycles. The van der Waals surface area contributed by atoms with E-state index in [-0.39, 0.29) is 24.2 Å². The highest BCUT2D eigenvalue weighted by Gasteiger charge is 2.41. The molecule has 1 aromatic heterocycles. The number of anilines is 1. The fraction of sp³-hybridized carbons (Fsp3) is 0.227. The number of carbonyl (C=O) groups excluding carboxylic acids is 2. The number of hydrogen-bond acceptors (Lipinski definition) is 3. The van der Waals surface area contributed by atoms with Crippen molar-refractivity contribution in [3.8, 4) is 0 Å². The van der Waals surface area contributed by atoms with Crippen LogP contribution in [0.2, 0.25) is 0 Å². The minimum absolute atomic E-state index is 0. The van der Waals surface area contributed by atoms with E-state index in [9.17, 15) is 14.0 Å². The zero-order chi connectivity index (χ0) is 20.7. The third kappa shape index (κ3) is 3.80. The fourth-order valence-corrected chi connectivity index (χ4v) is 3.93. The first-order valence-electron chi connectivity index (χ1n) is 9.32. The zero-order valence-electron chi connectivity index (χ0n) is 16.8. The van der Waals surface area contributed by atoms with E-state index < -0.39 is 17.8 Å². The van der Waals surface area contributed by atoms with Gasteiger partial charge in [0, 0.05) is 24.1 Å². The number of carbonyl (C=O) groups is 2. The summed E-state index contributed by atoms with van der Waals surface area (Å²) in [5.41, 5.74) is 3.49. The van der Waals surface area contributed by atoms with Crippen molar-refractivity contribution in [3.63, 3.8) is 0 Å². The van der Waals surface area contributed by atoms with Crippen LogP contribution in [-0.2, 0) is 11.8 Å². The molecule has 0 fully saturated rings. The average molecular weight is 429 g/mol. The maximum atomic E-state index is 14.0. The molecule has 0 radical (unpaired) electrons. The van der Waals surface area contributed by atoms with Crippen molar-refractivity contribution in [2.75, 3.05) is 5.32 Å². The highest BCUT2D eigenvalue weighted by atomic mass is 35.5. The molecule has 8 heteroatoms. The molecule has 2 N–H and O–H groups in total. The maximum absolute atomic E-state index is 14.0. The zero-order valence-corrected chi connectivity index (χ0v) is 17.6. The number of hydrogen-bond donors (Lipinski definition) is 2. The number of nitrogens with one attached hydrogen (secondary N) is 2. The Bertz CT molecular complexity index is 1130. The summed E-state index contributed by atoms with van der Waals surface area (Å²) < 4.78 is 15.6. The van der Waals surface area contributed by atoms with Crippen LogP contribution in [0, 0.1) is 19.7 Å². The quantitative estimate of drug-likeness (QED) is 0.670. The molecule has 6 nitrogen and oxygen atoms in total. The molecule has 156 valence electrons. The van der Waals surface area contributed by atoms with Crippen LogP contribution in [0.1, 0.15) is 38.7 Å². The number of fused-ring (bicyclic) bond motifs is 1. The van der Waals surface area contributed by atoms with Crippen LogP contribution >= 0.6 is 12.4 Å². The smallest absolute Gasteiger partial charge is 0.251 e. The van der Waals surface area contributed by atoms with Crippen molar-refractivity contribution in [1.82, 2.24) is 15.1 Å². The lowest BCUT2D eigenvalue weighted by Crippen LogP contribution is -2.50. The van der Waals surface area contributed by atoms with Gasteiger partial charge in [-0.05, 0) is 43.7 Å². The molecule has 2 aromatic carbocycles. The lowest BCUT2D eigenvalue weighted by molar-refractivity contribution is -0.118. The Labute approximate surface area is 179 Å². The van der Waals surface area contributed by atoms with Crippen molar-refractivity contribution in [2.45, 2.75) is 25.8 Å². The second kappa shape index (κ2) is 8.28. The summed E-state index contributed by atoms with van der Waals surface area (Å²) >= 11 is 0. The Balaban J connectivity index is 0.00000256. The number of aryl methyl sites for hydroxylation is 3. The maximum Gasteiger partial charge on any atom is 0.251 e. The van der Waals surface area contributed by atoms with E-state index in [0.717, 1.165) is 11.1 Å². The molecule has 3 aromatic rings. The second-order valence-corrected chi connectivity index (χ2v) is 7.31. The second-order valence-electron chi connectivity index (χ2n) is 7.31. The summed E-state index contributed by atoms with van der Waals surface area (Å²) in [4.78, 5) is 25.8. The SMILES string of the molecule is Cc1cccc(C(=O)N[C@H]2C(=O)Nc3c(c(C)nn3C)[C@@H]2c2cccc(F)c2)c1.Cl. The van der Waals surface area contributed by atoms with Gasteiger partial charge in [-0.25, -0.2) is 4.39 Å². The molecule has 1 aliphatic heterocycles. The van der Waals surface area contributed by atoms with Crippen molar-refractivity contribution < 1.29 is 14.0 Å². The van der Waals surface area contributed by atoms with Gasteiger partial charge in [0.25, 0.3) is 5.91 Å². The van der Waals surface area contributed by atoms with Crippen LogP contribution in [0.25, 0.3) is 0 Å². The van der Waals surface area contributed by atoms with Gasteiger partial charge in [-0.15, -0.1) is 12.4 Å². The third-order valence-corrected chi connectivity index (χ3v) is 5.21. The number of halogens is 2. The number of nitrogens with zero attached hydrogens (tertiary/aromatic N) is 2. The van der Waals surface area contributed by atoms with Crippen LogP contribution in [0.5, 0.6) is 0 Å². The van der Waals surface area contributed by atoms with Crippen LogP contribution < -0.4 is 10.6 Å². The molecule has 2 atom stereocenters. The van der Waals surface area contributed by atoms with Crippen molar-refractivity contribution in [1.29, 1.82) is 0 Å². The standard InChI is InChI=1S/C22H21FN4O2.ClH/c1-12-6-4-8-15(10-12)21(28)24-19-18(14-7-5-9-16(23)11-14)17-13(2)26-27(3)20(17)25-22(19)29;/h4-11,18-19H,1-3H3,(H,24,28)(H,25,29);1H/t18-,19+;/m0./s1. The minimum atomic E-state index is -0.903. The van der Waals surface area contributed by atoms with E-state index in [0.29, 0.717) is 22.6 Å². The van der Waals surface area contributed by atoms with E-state index >= 15 is 0 Å². The van der Waals surface area contributed by atoms with Gasteiger partial charge in [-0.2, -0.15) is 5.10 Å². The Hall–Kier alpha value is -3.19. The van der Waals surface area contributed by atoms with Crippen LogP contribution in [0.4, 0.5) is 10.2 Å². The fourth-order valence-electron chi connectivity index (χ4n) is 3.93. The number of benzene rings is 2. The predicted molar refractivity (Wildman–Crippen MR) is 114 cm³/mol. The number of aromatic nitrogens is 2. The van der Waals surface area contributed by atoms with Crippen LogP contribution in [0.3, 0.4) is 0 Å². The topological polar surface area (TPSA) is 76.0 Å². The third-order valence-electron chi connectivity index (χ3n) is 5.21. The first-order chi connectivity index (χ1) is 13.8. The van der Waals surface area contributed by atoms with Crippen LogP contribution in [0.15, 0.2) is 48.5 Å². The van der Waals surface area contributed by atoms with Crippen molar-refractivity contribution in [2.24, 2.45) is 7.05 Å². The molecule has 4 rings (SSSR count). The number of amides is 2. The summed E-state index contributed by atoms with van der Waals surface area (Å²) in [5, 5.41) is 10.1. The van der Waals surface area contributed by atoms with Crippen LogP contribution in [-0.4, -0.2) is 27.6 Å². The van der Waals surface area contributed by atoms with E-state index in [1.165, 1.54) is 12.1 Å². The Kier molecular flexibility index (Phi) is 5.94. The summed E-state index contributed by atoms with van der Waals surface area (Å²) in [6.07, 6.45) is 0. The molecule has 2 amide bonds. The highest BCUT2D eigenvalue weighted by Crippen LogP contribution is 2.39. The monoisotopic (exact) mass is 428 g/mol.